The van der Waals surface area contributed by atoms with E-state index in [-0.39, 0.29) is 12.5 Å². The summed E-state index contributed by atoms with van der Waals surface area (Å²) in [6, 6.07) is 0. The summed E-state index contributed by atoms with van der Waals surface area (Å²) in [5, 5.41) is 2.76. The summed E-state index contributed by atoms with van der Waals surface area (Å²) < 4.78 is 1.21. The quantitative estimate of drug-likeness (QED) is 0.731. The van der Waals surface area contributed by atoms with Crippen LogP contribution in [0.5, 0.6) is 0 Å². The summed E-state index contributed by atoms with van der Waals surface area (Å²) in [5.41, 5.74) is -0.550. The number of nitrogens with one attached hydrogen (secondary N) is 2. The predicted molar refractivity (Wildman–Crippen MR) is 61.8 cm³/mol. The van der Waals surface area contributed by atoms with Crippen molar-refractivity contribution in [3.63, 3.8) is 0 Å². The Bertz CT molecular complexity index is 540. The van der Waals surface area contributed by atoms with E-state index in [2.05, 4.69) is 10.3 Å². The Morgan fingerprint density at radius 2 is 2.24 bits per heavy atom. The standard InChI is InChI=1S/C11H15N3O3/c1-7-5-14(11(17)13-10(7)16)6-9(15)12-4-8-2-3-8/h5,8H,2-4,6H2,1H3,(H,12,15)(H,13,16,17). The highest BCUT2D eigenvalue weighted by atomic mass is 16.2. The van der Waals surface area contributed by atoms with Crippen LogP contribution in [-0.4, -0.2) is 22.0 Å². The lowest BCUT2D eigenvalue weighted by atomic mass is 10.4. The summed E-state index contributed by atoms with van der Waals surface area (Å²) in [6.45, 7) is 2.22. The number of rotatable bonds is 4. The number of aromatic amines is 1. The zero-order valence-corrected chi connectivity index (χ0v) is 9.66. The maximum Gasteiger partial charge on any atom is 0.328 e. The van der Waals surface area contributed by atoms with Crippen molar-refractivity contribution < 1.29 is 4.79 Å². The normalized spacial score (nSPS) is 14.6. The highest BCUT2D eigenvalue weighted by molar-refractivity contribution is 5.75. The van der Waals surface area contributed by atoms with Crippen molar-refractivity contribution in [2.24, 2.45) is 5.92 Å². The molecule has 0 spiro atoms. The van der Waals surface area contributed by atoms with Crippen LogP contribution in [0.2, 0.25) is 0 Å². The lowest BCUT2D eigenvalue weighted by molar-refractivity contribution is -0.121. The van der Waals surface area contributed by atoms with Crippen LogP contribution < -0.4 is 16.6 Å². The third-order valence-corrected chi connectivity index (χ3v) is 2.79. The van der Waals surface area contributed by atoms with Gasteiger partial charge in [-0.25, -0.2) is 4.79 Å². The highest BCUT2D eigenvalue weighted by Crippen LogP contribution is 2.27. The predicted octanol–water partition coefficient (Wildman–Crippen LogP) is -0.629. The Balaban J connectivity index is 2.01. The van der Waals surface area contributed by atoms with E-state index in [4.69, 9.17) is 0 Å². The van der Waals surface area contributed by atoms with Crippen LogP contribution in [0.3, 0.4) is 0 Å². The van der Waals surface area contributed by atoms with E-state index in [0.717, 1.165) is 12.8 Å². The first kappa shape index (κ1) is 11.6. The fourth-order valence-electron chi connectivity index (χ4n) is 1.53. The lowest BCUT2D eigenvalue weighted by Gasteiger charge is -2.06. The van der Waals surface area contributed by atoms with Crippen LogP contribution in [0.15, 0.2) is 15.8 Å². The number of aryl methyl sites for hydroxylation is 1. The molecule has 1 aromatic rings. The average Bonchev–Trinajstić information content (AvgIpc) is 3.07. The minimum Gasteiger partial charge on any atom is -0.354 e. The molecule has 0 radical (unpaired) electrons. The Morgan fingerprint density at radius 1 is 1.53 bits per heavy atom. The van der Waals surface area contributed by atoms with Crippen LogP contribution in [0.25, 0.3) is 0 Å². The number of carbonyl (C=O) groups is 1. The van der Waals surface area contributed by atoms with Crippen molar-refractivity contribution in [2.45, 2.75) is 26.3 Å². The second-order valence-electron chi connectivity index (χ2n) is 4.45. The van der Waals surface area contributed by atoms with Crippen molar-refractivity contribution in [3.8, 4) is 0 Å². The molecule has 0 saturated heterocycles. The molecule has 1 aliphatic carbocycles. The van der Waals surface area contributed by atoms with Crippen LogP contribution in [0, 0.1) is 12.8 Å². The molecule has 1 aromatic heterocycles. The van der Waals surface area contributed by atoms with Gasteiger partial charge in [-0.15, -0.1) is 0 Å². The molecule has 1 saturated carbocycles. The van der Waals surface area contributed by atoms with Gasteiger partial charge in [-0.2, -0.15) is 0 Å². The molecule has 1 fully saturated rings. The van der Waals surface area contributed by atoms with Crippen molar-refractivity contribution in [2.75, 3.05) is 6.54 Å². The molecule has 0 aliphatic heterocycles. The maximum atomic E-state index is 11.5. The molecule has 0 unspecified atom stereocenters. The van der Waals surface area contributed by atoms with E-state index in [9.17, 15) is 14.4 Å². The van der Waals surface area contributed by atoms with Crippen LogP contribution in [0.1, 0.15) is 18.4 Å². The topological polar surface area (TPSA) is 84.0 Å². The molecule has 2 N–H and O–H groups in total. The first-order valence-corrected chi connectivity index (χ1v) is 5.63. The molecule has 0 aromatic carbocycles. The second-order valence-corrected chi connectivity index (χ2v) is 4.45. The number of carbonyl (C=O) groups excluding carboxylic acids is 1. The number of nitrogens with zero attached hydrogens (tertiary/aromatic N) is 1. The molecule has 0 atom stereocenters. The first-order valence-electron chi connectivity index (χ1n) is 5.63. The molecular formula is C11H15N3O3. The van der Waals surface area contributed by atoms with Gasteiger partial charge in [0, 0.05) is 18.3 Å². The largest absolute Gasteiger partial charge is 0.354 e. The summed E-state index contributed by atoms with van der Waals surface area (Å²) >= 11 is 0. The van der Waals surface area contributed by atoms with E-state index in [1.165, 1.54) is 10.8 Å². The number of hydrogen-bond donors (Lipinski definition) is 2. The number of aromatic nitrogens is 2. The summed E-state index contributed by atoms with van der Waals surface area (Å²) in [6.07, 6.45) is 3.73. The van der Waals surface area contributed by atoms with E-state index in [1.54, 1.807) is 6.92 Å². The Morgan fingerprint density at radius 3 is 2.88 bits per heavy atom. The first-order chi connectivity index (χ1) is 8.06. The number of hydrogen-bond acceptors (Lipinski definition) is 3. The molecule has 6 nitrogen and oxygen atoms in total. The molecule has 2 rings (SSSR count). The van der Waals surface area contributed by atoms with E-state index >= 15 is 0 Å². The van der Waals surface area contributed by atoms with Gasteiger partial charge < -0.3 is 5.32 Å². The van der Waals surface area contributed by atoms with Crippen molar-refractivity contribution in [1.29, 1.82) is 0 Å². The van der Waals surface area contributed by atoms with E-state index in [0.29, 0.717) is 18.0 Å². The average molecular weight is 237 g/mol. The van der Waals surface area contributed by atoms with Gasteiger partial charge in [0.05, 0.1) is 0 Å². The van der Waals surface area contributed by atoms with Crippen LogP contribution >= 0.6 is 0 Å². The van der Waals surface area contributed by atoms with Gasteiger partial charge in [0.2, 0.25) is 5.91 Å². The van der Waals surface area contributed by atoms with Gasteiger partial charge in [-0.3, -0.25) is 19.1 Å². The number of amides is 1. The molecule has 92 valence electrons. The lowest BCUT2D eigenvalue weighted by Crippen LogP contribution is -2.37. The smallest absolute Gasteiger partial charge is 0.328 e. The molecule has 1 heterocycles. The van der Waals surface area contributed by atoms with Gasteiger partial charge in [0.1, 0.15) is 6.54 Å². The molecule has 1 amide bonds. The van der Waals surface area contributed by atoms with Crippen molar-refractivity contribution in [3.05, 3.63) is 32.6 Å². The van der Waals surface area contributed by atoms with E-state index < -0.39 is 11.2 Å². The Kier molecular flexibility index (Phi) is 3.12. The van der Waals surface area contributed by atoms with Gasteiger partial charge in [0.15, 0.2) is 0 Å². The van der Waals surface area contributed by atoms with Gasteiger partial charge in [0.25, 0.3) is 5.56 Å². The monoisotopic (exact) mass is 237 g/mol. The molecular weight excluding hydrogens is 222 g/mol. The zero-order valence-electron chi connectivity index (χ0n) is 9.66. The van der Waals surface area contributed by atoms with Gasteiger partial charge in [-0.1, -0.05) is 0 Å². The minimum atomic E-state index is -0.554. The van der Waals surface area contributed by atoms with E-state index in [1.807, 2.05) is 0 Å². The maximum absolute atomic E-state index is 11.5. The van der Waals surface area contributed by atoms with Crippen molar-refractivity contribution in [1.82, 2.24) is 14.9 Å². The fourth-order valence-corrected chi connectivity index (χ4v) is 1.53. The third-order valence-electron chi connectivity index (χ3n) is 2.79. The Hall–Kier alpha value is -1.85. The number of H-pyrrole nitrogens is 1. The molecule has 6 heteroatoms. The van der Waals surface area contributed by atoms with Crippen LogP contribution in [-0.2, 0) is 11.3 Å². The van der Waals surface area contributed by atoms with Crippen molar-refractivity contribution >= 4 is 5.91 Å². The van der Waals surface area contributed by atoms with Gasteiger partial charge >= 0.3 is 5.69 Å². The van der Waals surface area contributed by atoms with Crippen LogP contribution in [0.4, 0.5) is 0 Å². The highest BCUT2D eigenvalue weighted by Gasteiger charge is 2.21. The summed E-state index contributed by atoms with van der Waals surface area (Å²) in [4.78, 5) is 36.2. The summed E-state index contributed by atoms with van der Waals surface area (Å²) in [7, 11) is 0. The SMILES string of the molecule is Cc1cn(CC(=O)NCC2CC2)c(=O)[nH]c1=O. The minimum absolute atomic E-state index is 0.0524. The Labute approximate surface area is 97.7 Å². The fraction of sp³-hybridized carbons (Fsp3) is 0.545. The van der Waals surface area contributed by atoms with Gasteiger partial charge in [-0.05, 0) is 25.7 Å². The third kappa shape index (κ3) is 3.05. The summed E-state index contributed by atoms with van der Waals surface area (Å²) in [5.74, 6) is 0.401. The second kappa shape index (κ2) is 4.57. The molecule has 0 bridgehead atoms. The zero-order chi connectivity index (χ0) is 12.4. The molecule has 17 heavy (non-hydrogen) atoms. The molecule has 1 aliphatic rings.